The maximum Gasteiger partial charge on any atom is 0.410 e. The molecular formula is C24H31N5O3. The SMILES string of the molecule is N=C(NC(=O)O)C1NCCc2ccc(OCC3CCN(Cc4cccc(N)c4)CC3)cc21. The van der Waals surface area contributed by atoms with Crippen molar-refractivity contribution in [2.45, 2.75) is 31.8 Å². The van der Waals surface area contributed by atoms with Crippen molar-refractivity contribution in [3.05, 3.63) is 59.2 Å². The molecule has 8 heteroatoms. The highest BCUT2D eigenvalue weighted by Gasteiger charge is 2.26. The molecule has 0 bridgehead atoms. The molecule has 0 radical (unpaired) electrons. The Kier molecular flexibility index (Phi) is 6.92. The van der Waals surface area contributed by atoms with Crippen LogP contribution in [0.25, 0.3) is 0 Å². The van der Waals surface area contributed by atoms with E-state index in [4.69, 9.17) is 21.0 Å². The number of rotatable bonds is 6. The van der Waals surface area contributed by atoms with Crippen molar-refractivity contribution in [1.29, 1.82) is 5.41 Å². The van der Waals surface area contributed by atoms with Crippen LogP contribution in [0.5, 0.6) is 5.75 Å². The predicted molar refractivity (Wildman–Crippen MR) is 124 cm³/mol. The summed E-state index contributed by atoms with van der Waals surface area (Å²) < 4.78 is 6.12. The molecule has 2 aromatic rings. The van der Waals surface area contributed by atoms with Crippen molar-refractivity contribution in [1.82, 2.24) is 15.5 Å². The van der Waals surface area contributed by atoms with Gasteiger partial charge in [0, 0.05) is 18.8 Å². The van der Waals surface area contributed by atoms with Gasteiger partial charge in [-0.25, -0.2) is 4.79 Å². The molecule has 0 saturated carbocycles. The third-order valence-electron chi connectivity index (χ3n) is 6.25. The van der Waals surface area contributed by atoms with Crippen LogP contribution in [-0.4, -0.2) is 48.2 Å². The number of nitrogens with two attached hydrogens (primary N) is 1. The monoisotopic (exact) mass is 437 g/mol. The zero-order valence-electron chi connectivity index (χ0n) is 18.1. The third-order valence-corrected chi connectivity index (χ3v) is 6.25. The van der Waals surface area contributed by atoms with Gasteiger partial charge >= 0.3 is 6.09 Å². The Balaban J connectivity index is 1.30. The quantitative estimate of drug-likeness (QED) is 0.269. The van der Waals surface area contributed by atoms with Crippen LogP contribution in [0.1, 0.15) is 35.6 Å². The van der Waals surface area contributed by atoms with Gasteiger partial charge in [-0.3, -0.25) is 15.6 Å². The van der Waals surface area contributed by atoms with E-state index in [9.17, 15) is 4.79 Å². The molecule has 8 nitrogen and oxygen atoms in total. The van der Waals surface area contributed by atoms with Crippen molar-refractivity contribution >= 4 is 17.6 Å². The summed E-state index contributed by atoms with van der Waals surface area (Å²) in [7, 11) is 0. The third kappa shape index (κ3) is 5.57. The Bertz CT molecular complexity index is 972. The van der Waals surface area contributed by atoms with Gasteiger partial charge in [-0.1, -0.05) is 18.2 Å². The number of nitrogens with one attached hydrogen (secondary N) is 3. The van der Waals surface area contributed by atoms with Crippen molar-refractivity contribution in [3.8, 4) is 5.75 Å². The number of carbonyl (C=O) groups is 1. The number of benzene rings is 2. The van der Waals surface area contributed by atoms with E-state index in [0.717, 1.165) is 61.5 Å². The van der Waals surface area contributed by atoms with E-state index in [-0.39, 0.29) is 5.84 Å². The van der Waals surface area contributed by atoms with E-state index in [0.29, 0.717) is 19.1 Å². The number of anilines is 1. The lowest BCUT2D eigenvalue weighted by atomic mass is 9.93. The molecule has 1 atom stereocenters. The zero-order chi connectivity index (χ0) is 22.5. The van der Waals surface area contributed by atoms with Crippen LogP contribution in [-0.2, 0) is 13.0 Å². The second kappa shape index (κ2) is 10.0. The summed E-state index contributed by atoms with van der Waals surface area (Å²) >= 11 is 0. The number of piperidine rings is 1. The molecule has 0 aliphatic carbocycles. The summed E-state index contributed by atoms with van der Waals surface area (Å²) in [6.07, 6.45) is 1.80. The van der Waals surface area contributed by atoms with E-state index < -0.39 is 12.1 Å². The van der Waals surface area contributed by atoms with Crippen LogP contribution in [0.4, 0.5) is 10.5 Å². The van der Waals surface area contributed by atoms with E-state index in [2.05, 4.69) is 21.6 Å². The molecule has 0 spiro atoms. The summed E-state index contributed by atoms with van der Waals surface area (Å²) in [5.41, 5.74) is 9.97. The topological polar surface area (TPSA) is 124 Å². The van der Waals surface area contributed by atoms with Gasteiger partial charge in [0.2, 0.25) is 0 Å². The average Bonchev–Trinajstić information content (AvgIpc) is 2.77. The van der Waals surface area contributed by atoms with Gasteiger partial charge in [0.1, 0.15) is 11.6 Å². The number of carboxylic acid groups (broad SMARTS) is 1. The van der Waals surface area contributed by atoms with Gasteiger partial charge < -0.3 is 20.9 Å². The number of hydrogen-bond donors (Lipinski definition) is 5. The van der Waals surface area contributed by atoms with Gasteiger partial charge in [0.15, 0.2) is 0 Å². The molecule has 2 aliphatic rings. The number of nitrogen functional groups attached to an aromatic ring is 1. The summed E-state index contributed by atoms with van der Waals surface area (Å²) in [4.78, 5) is 13.4. The van der Waals surface area contributed by atoms with Gasteiger partial charge in [-0.15, -0.1) is 0 Å². The summed E-state index contributed by atoms with van der Waals surface area (Å²) in [5, 5.41) is 22.4. The van der Waals surface area contributed by atoms with Crippen LogP contribution in [0, 0.1) is 11.3 Å². The lowest BCUT2D eigenvalue weighted by Crippen LogP contribution is -2.42. The highest BCUT2D eigenvalue weighted by Crippen LogP contribution is 2.28. The fourth-order valence-electron chi connectivity index (χ4n) is 4.54. The Labute approximate surface area is 188 Å². The fourth-order valence-corrected chi connectivity index (χ4v) is 4.54. The highest BCUT2D eigenvalue weighted by molar-refractivity contribution is 5.97. The van der Waals surface area contributed by atoms with Crippen molar-refractivity contribution in [2.75, 3.05) is 32.0 Å². The molecule has 1 unspecified atom stereocenters. The first kappa shape index (κ1) is 22.1. The number of amides is 1. The van der Waals surface area contributed by atoms with Crippen LogP contribution in [0.15, 0.2) is 42.5 Å². The van der Waals surface area contributed by atoms with Crippen molar-refractivity contribution in [3.63, 3.8) is 0 Å². The second-order valence-corrected chi connectivity index (χ2v) is 8.62. The molecule has 1 fully saturated rings. The first-order valence-corrected chi connectivity index (χ1v) is 11.1. The molecule has 2 aliphatic heterocycles. The molecule has 4 rings (SSSR count). The van der Waals surface area contributed by atoms with Gasteiger partial charge in [-0.05, 0) is 79.2 Å². The normalized spacial score (nSPS) is 19.2. The molecule has 170 valence electrons. The average molecular weight is 438 g/mol. The minimum atomic E-state index is -1.22. The van der Waals surface area contributed by atoms with Crippen LogP contribution < -0.4 is 21.1 Å². The maximum atomic E-state index is 10.9. The smallest absolute Gasteiger partial charge is 0.410 e. The lowest BCUT2D eigenvalue weighted by molar-refractivity contribution is 0.136. The standard InChI is InChI=1S/C24H31N5O3/c25-19-3-1-2-17(12-19)14-29-10-7-16(8-11-29)15-32-20-5-4-18-6-9-27-22(21(18)13-20)23(26)28-24(30)31/h1-5,12-13,16,22,27H,6-11,14-15,25H2,(H2,26,28)(H,30,31). The number of amidine groups is 1. The van der Waals surface area contributed by atoms with E-state index in [1.807, 2.05) is 36.4 Å². The number of likely N-dealkylation sites (tertiary alicyclic amines) is 1. The first-order valence-electron chi connectivity index (χ1n) is 11.1. The highest BCUT2D eigenvalue weighted by atomic mass is 16.5. The van der Waals surface area contributed by atoms with E-state index in [1.54, 1.807) is 0 Å². The Morgan fingerprint density at radius 1 is 1.25 bits per heavy atom. The molecular weight excluding hydrogens is 406 g/mol. The number of nitrogens with zero attached hydrogens (tertiary/aromatic N) is 1. The Morgan fingerprint density at radius 3 is 2.81 bits per heavy atom. The molecule has 1 amide bonds. The molecule has 6 N–H and O–H groups in total. The van der Waals surface area contributed by atoms with Gasteiger partial charge in [0.05, 0.1) is 12.6 Å². The minimum absolute atomic E-state index is 0.0665. The van der Waals surface area contributed by atoms with E-state index in [1.165, 1.54) is 5.56 Å². The van der Waals surface area contributed by atoms with Gasteiger partial charge in [0.25, 0.3) is 0 Å². The molecule has 2 heterocycles. The van der Waals surface area contributed by atoms with Gasteiger partial charge in [-0.2, -0.15) is 0 Å². The second-order valence-electron chi connectivity index (χ2n) is 8.62. The largest absolute Gasteiger partial charge is 0.493 e. The number of ether oxygens (including phenoxy) is 1. The Hall–Kier alpha value is -3.10. The Morgan fingerprint density at radius 2 is 2.06 bits per heavy atom. The van der Waals surface area contributed by atoms with Crippen LogP contribution in [0.2, 0.25) is 0 Å². The number of hydrogen-bond acceptors (Lipinski definition) is 6. The fraction of sp³-hybridized carbons (Fsp3) is 0.417. The van der Waals surface area contributed by atoms with Crippen molar-refractivity contribution in [2.24, 2.45) is 5.92 Å². The lowest BCUT2D eigenvalue weighted by Gasteiger charge is -2.32. The molecule has 32 heavy (non-hydrogen) atoms. The first-order chi connectivity index (χ1) is 15.5. The van der Waals surface area contributed by atoms with E-state index >= 15 is 0 Å². The maximum absolute atomic E-state index is 10.9. The summed E-state index contributed by atoms with van der Waals surface area (Å²) in [5.74, 6) is 1.20. The predicted octanol–water partition coefficient (Wildman–Crippen LogP) is 2.99. The minimum Gasteiger partial charge on any atom is -0.493 e. The summed E-state index contributed by atoms with van der Waals surface area (Å²) in [6.45, 7) is 4.37. The number of fused-ring (bicyclic) bond motifs is 1. The molecule has 1 saturated heterocycles. The van der Waals surface area contributed by atoms with Crippen LogP contribution in [0.3, 0.4) is 0 Å². The van der Waals surface area contributed by atoms with Crippen molar-refractivity contribution < 1.29 is 14.6 Å². The zero-order valence-corrected chi connectivity index (χ0v) is 18.1. The summed E-state index contributed by atoms with van der Waals surface area (Å²) in [6, 6.07) is 13.6. The molecule has 2 aromatic carbocycles. The van der Waals surface area contributed by atoms with Crippen LogP contribution >= 0.6 is 0 Å². The molecule has 0 aromatic heterocycles.